The lowest BCUT2D eigenvalue weighted by Gasteiger charge is -2.27. The normalized spacial score (nSPS) is 27.3. The standard InChI is InChI=1S/C26H24F2N2O4/c1-30(2)25(32)20-19(15-6-4-3-5-7-15)23-26(33,22(20)31)21-18(34-23)13-12-17(29-21)14-8-10-16(11-9-14)24(27)28/h3-13,19-20,22-24,31,33H,1-2H3. The second-order valence-corrected chi connectivity index (χ2v) is 8.97. The number of nitrogens with zero attached hydrogens (tertiary/aromatic N) is 2. The van der Waals surface area contributed by atoms with Crippen LogP contribution in [0.5, 0.6) is 5.75 Å². The number of benzene rings is 2. The molecule has 5 rings (SSSR count). The molecule has 0 radical (unpaired) electrons. The summed E-state index contributed by atoms with van der Waals surface area (Å²) in [7, 11) is 3.20. The van der Waals surface area contributed by atoms with Gasteiger partial charge in [0.25, 0.3) is 6.43 Å². The Labute approximate surface area is 195 Å². The third-order valence-electron chi connectivity index (χ3n) is 6.80. The first-order chi connectivity index (χ1) is 16.2. The molecule has 2 N–H and O–H groups in total. The molecule has 8 heteroatoms. The van der Waals surface area contributed by atoms with Gasteiger partial charge in [0.1, 0.15) is 23.7 Å². The summed E-state index contributed by atoms with van der Waals surface area (Å²) >= 11 is 0. The van der Waals surface area contributed by atoms with Crippen molar-refractivity contribution in [2.45, 2.75) is 30.2 Å². The van der Waals surface area contributed by atoms with E-state index in [0.29, 0.717) is 17.0 Å². The molecule has 0 bridgehead atoms. The molecule has 1 saturated carbocycles. The Kier molecular flexibility index (Phi) is 5.37. The highest BCUT2D eigenvalue weighted by Crippen LogP contribution is 2.57. The number of aromatic nitrogens is 1. The van der Waals surface area contributed by atoms with E-state index in [2.05, 4.69) is 4.98 Å². The van der Waals surface area contributed by atoms with Gasteiger partial charge in [-0.2, -0.15) is 0 Å². The van der Waals surface area contributed by atoms with Gasteiger partial charge in [0.05, 0.1) is 11.6 Å². The van der Waals surface area contributed by atoms with E-state index < -0.39 is 36.1 Å². The van der Waals surface area contributed by atoms with Crippen LogP contribution in [-0.4, -0.2) is 52.3 Å². The molecule has 0 spiro atoms. The molecule has 34 heavy (non-hydrogen) atoms. The molecule has 2 heterocycles. The predicted molar refractivity (Wildman–Crippen MR) is 120 cm³/mol. The van der Waals surface area contributed by atoms with Gasteiger partial charge >= 0.3 is 0 Å². The third kappa shape index (κ3) is 3.28. The first kappa shape index (κ1) is 22.4. The Morgan fingerprint density at radius 3 is 2.35 bits per heavy atom. The van der Waals surface area contributed by atoms with Gasteiger partial charge in [-0.05, 0) is 17.7 Å². The van der Waals surface area contributed by atoms with Gasteiger partial charge in [0.15, 0.2) is 5.60 Å². The molecule has 2 aromatic carbocycles. The molecule has 3 aromatic rings. The zero-order chi connectivity index (χ0) is 24.2. The molecule has 1 aliphatic heterocycles. The Bertz CT molecular complexity index is 1220. The van der Waals surface area contributed by atoms with Crippen molar-refractivity contribution in [1.82, 2.24) is 9.88 Å². The molecule has 6 nitrogen and oxygen atoms in total. The molecular formula is C26H24F2N2O4. The average Bonchev–Trinajstić information content (AvgIpc) is 3.25. The molecule has 1 aromatic heterocycles. The summed E-state index contributed by atoms with van der Waals surface area (Å²) in [5, 5.41) is 23.2. The van der Waals surface area contributed by atoms with Crippen molar-refractivity contribution in [2.75, 3.05) is 14.1 Å². The fourth-order valence-corrected chi connectivity index (χ4v) is 5.11. The van der Waals surface area contributed by atoms with E-state index in [1.807, 2.05) is 30.3 Å². The Morgan fingerprint density at radius 2 is 1.74 bits per heavy atom. The lowest BCUT2D eigenvalue weighted by Crippen LogP contribution is -2.45. The maximum Gasteiger partial charge on any atom is 0.263 e. The summed E-state index contributed by atoms with van der Waals surface area (Å²) < 4.78 is 32.0. The summed E-state index contributed by atoms with van der Waals surface area (Å²) in [5.41, 5.74) is -0.122. The van der Waals surface area contributed by atoms with Crippen molar-refractivity contribution >= 4 is 5.91 Å². The number of amides is 1. The first-order valence-corrected chi connectivity index (χ1v) is 11.0. The number of carbonyl (C=O) groups excluding carboxylic acids is 1. The Balaban J connectivity index is 1.60. The van der Waals surface area contributed by atoms with Gasteiger partial charge in [-0.15, -0.1) is 0 Å². The minimum Gasteiger partial charge on any atom is -0.484 e. The Hall–Kier alpha value is -3.36. The van der Waals surface area contributed by atoms with Crippen LogP contribution >= 0.6 is 0 Å². The lowest BCUT2D eigenvalue weighted by atomic mass is 9.86. The van der Waals surface area contributed by atoms with Crippen LogP contribution in [0.3, 0.4) is 0 Å². The van der Waals surface area contributed by atoms with E-state index >= 15 is 0 Å². The highest BCUT2D eigenvalue weighted by Gasteiger charge is 2.68. The molecule has 2 aliphatic rings. The van der Waals surface area contributed by atoms with Crippen molar-refractivity contribution < 1.29 is 28.5 Å². The second kappa shape index (κ2) is 8.14. The van der Waals surface area contributed by atoms with Gasteiger partial charge in [0, 0.05) is 31.1 Å². The second-order valence-electron chi connectivity index (χ2n) is 8.97. The van der Waals surface area contributed by atoms with Crippen LogP contribution in [-0.2, 0) is 10.4 Å². The number of aliphatic hydroxyl groups is 2. The van der Waals surface area contributed by atoms with E-state index in [4.69, 9.17) is 4.74 Å². The number of aliphatic hydroxyl groups excluding tert-OH is 1. The molecule has 0 saturated heterocycles. The predicted octanol–water partition coefficient (Wildman–Crippen LogP) is 3.50. The van der Waals surface area contributed by atoms with E-state index in [-0.39, 0.29) is 17.2 Å². The number of fused-ring (bicyclic) bond motifs is 3. The van der Waals surface area contributed by atoms with Gasteiger partial charge in [-0.3, -0.25) is 4.79 Å². The number of carbonyl (C=O) groups is 1. The number of hydrogen-bond donors (Lipinski definition) is 2. The van der Waals surface area contributed by atoms with E-state index in [9.17, 15) is 23.8 Å². The molecule has 5 atom stereocenters. The molecule has 1 aliphatic carbocycles. The van der Waals surface area contributed by atoms with Crippen LogP contribution < -0.4 is 4.74 Å². The summed E-state index contributed by atoms with van der Waals surface area (Å²) in [6.45, 7) is 0. The summed E-state index contributed by atoms with van der Waals surface area (Å²) in [5.74, 6) is -1.57. The monoisotopic (exact) mass is 466 g/mol. The smallest absolute Gasteiger partial charge is 0.263 e. The van der Waals surface area contributed by atoms with E-state index in [1.165, 1.54) is 29.2 Å². The van der Waals surface area contributed by atoms with Crippen molar-refractivity contribution in [3.05, 3.63) is 83.6 Å². The highest BCUT2D eigenvalue weighted by molar-refractivity contribution is 5.81. The van der Waals surface area contributed by atoms with Gasteiger partial charge < -0.3 is 19.8 Å². The average molecular weight is 466 g/mol. The quantitative estimate of drug-likeness (QED) is 0.615. The zero-order valence-electron chi connectivity index (χ0n) is 18.6. The fourth-order valence-electron chi connectivity index (χ4n) is 5.11. The fraction of sp³-hybridized carbons (Fsp3) is 0.308. The summed E-state index contributed by atoms with van der Waals surface area (Å²) in [6, 6.07) is 18.2. The number of rotatable bonds is 4. The van der Waals surface area contributed by atoms with Crippen molar-refractivity contribution in [3.8, 4) is 17.0 Å². The topological polar surface area (TPSA) is 82.9 Å². The minimum atomic E-state index is -2.58. The Morgan fingerprint density at radius 1 is 1.06 bits per heavy atom. The minimum absolute atomic E-state index is 0.103. The molecule has 1 amide bonds. The first-order valence-electron chi connectivity index (χ1n) is 11.0. The summed E-state index contributed by atoms with van der Waals surface area (Å²) in [6.07, 6.45) is -4.98. The van der Waals surface area contributed by atoms with E-state index in [0.717, 1.165) is 5.56 Å². The number of pyridine rings is 1. The van der Waals surface area contributed by atoms with Crippen molar-refractivity contribution in [2.24, 2.45) is 5.92 Å². The number of halogens is 2. The third-order valence-corrected chi connectivity index (χ3v) is 6.80. The van der Waals surface area contributed by atoms with Crippen LogP contribution in [0, 0.1) is 5.92 Å². The van der Waals surface area contributed by atoms with Crippen LogP contribution in [0.15, 0.2) is 66.7 Å². The van der Waals surface area contributed by atoms with Gasteiger partial charge in [-0.1, -0.05) is 54.6 Å². The molecule has 1 fully saturated rings. The molecule has 176 valence electrons. The lowest BCUT2D eigenvalue weighted by molar-refractivity contribution is -0.142. The largest absolute Gasteiger partial charge is 0.484 e. The molecule has 5 unspecified atom stereocenters. The maximum atomic E-state index is 13.1. The molecular weight excluding hydrogens is 442 g/mol. The zero-order valence-corrected chi connectivity index (χ0v) is 18.6. The van der Waals surface area contributed by atoms with Gasteiger partial charge in [0.2, 0.25) is 5.91 Å². The van der Waals surface area contributed by atoms with Crippen LogP contribution in [0.4, 0.5) is 8.78 Å². The number of hydrogen-bond acceptors (Lipinski definition) is 5. The SMILES string of the molecule is CN(C)C(=O)C1C(c2ccccc2)C2Oc3ccc(-c4ccc(C(F)F)cc4)nc3C2(O)C1O. The van der Waals surface area contributed by atoms with Gasteiger partial charge in [-0.25, -0.2) is 13.8 Å². The van der Waals surface area contributed by atoms with E-state index in [1.54, 1.807) is 26.2 Å². The summed E-state index contributed by atoms with van der Waals surface area (Å²) in [4.78, 5) is 19.1. The van der Waals surface area contributed by atoms with Crippen molar-refractivity contribution in [3.63, 3.8) is 0 Å². The number of ether oxygens (including phenoxy) is 1. The van der Waals surface area contributed by atoms with Crippen LogP contribution in [0.1, 0.15) is 29.2 Å². The van der Waals surface area contributed by atoms with Crippen LogP contribution in [0.25, 0.3) is 11.3 Å². The van der Waals surface area contributed by atoms with Crippen LogP contribution in [0.2, 0.25) is 0 Å². The van der Waals surface area contributed by atoms with Crippen molar-refractivity contribution in [1.29, 1.82) is 0 Å². The highest BCUT2D eigenvalue weighted by atomic mass is 19.3. The number of alkyl halides is 2. The maximum absolute atomic E-state index is 13.1.